The number of fused-ring (bicyclic) bond motifs is 1. The number of rotatable bonds is 6. The van der Waals surface area contributed by atoms with Crippen LogP contribution < -0.4 is 14.9 Å². The lowest BCUT2D eigenvalue weighted by Gasteiger charge is -2.14. The van der Waals surface area contributed by atoms with E-state index in [0.29, 0.717) is 0 Å². The summed E-state index contributed by atoms with van der Waals surface area (Å²) in [7, 11) is 0. The maximum Gasteiger partial charge on any atom is 0.453 e. The van der Waals surface area contributed by atoms with Crippen molar-refractivity contribution in [3.63, 3.8) is 0 Å². The molecule has 4 aromatic rings. The van der Waals surface area contributed by atoms with E-state index in [2.05, 4.69) is 0 Å². The van der Waals surface area contributed by atoms with Crippen LogP contribution in [0.15, 0.2) is 75.9 Å². The number of hydrogen-bond acceptors (Lipinski definition) is 5. The van der Waals surface area contributed by atoms with E-state index in [9.17, 15) is 31.5 Å². The lowest BCUT2D eigenvalue weighted by Crippen LogP contribution is -2.16. The minimum Gasteiger partial charge on any atom is -0.485 e. The highest BCUT2D eigenvalue weighted by Crippen LogP contribution is 2.38. The van der Waals surface area contributed by atoms with Gasteiger partial charge in [-0.1, -0.05) is 0 Å². The molecule has 0 aliphatic heterocycles. The highest BCUT2D eigenvalue weighted by atomic mass is 19.4. The second-order valence-electron chi connectivity index (χ2n) is 7.02. The van der Waals surface area contributed by atoms with Gasteiger partial charge in [-0.25, -0.2) is 8.78 Å². The second-order valence-corrected chi connectivity index (χ2v) is 7.02. The third-order valence-corrected chi connectivity index (χ3v) is 4.65. The van der Waals surface area contributed by atoms with Gasteiger partial charge in [0, 0.05) is 11.6 Å². The molecule has 3 aromatic carbocycles. The molecule has 0 amide bonds. The van der Waals surface area contributed by atoms with E-state index >= 15 is 0 Å². The predicted molar refractivity (Wildman–Crippen MR) is 110 cm³/mol. The molecule has 0 bridgehead atoms. The summed E-state index contributed by atoms with van der Waals surface area (Å²) in [6.45, 7) is -0.487. The van der Waals surface area contributed by atoms with Crippen LogP contribution in [0.5, 0.6) is 17.2 Å². The highest BCUT2D eigenvalue weighted by Gasteiger charge is 2.40. The van der Waals surface area contributed by atoms with Crippen molar-refractivity contribution >= 4 is 16.8 Å². The van der Waals surface area contributed by atoms with Gasteiger partial charge in [0.1, 0.15) is 28.7 Å². The van der Waals surface area contributed by atoms with Crippen molar-refractivity contribution in [2.24, 2.45) is 0 Å². The lowest BCUT2D eigenvalue weighted by atomic mass is 10.1. The molecular weight excluding hydrogens is 463 g/mol. The van der Waals surface area contributed by atoms with Crippen LogP contribution in [-0.4, -0.2) is 12.4 Å². The zero-order valence-electron chi connectivity index (χ0n) is 17.0. The van der Waals surface area contributed by atoms with Gasteiger partial charge in [0.25, 0.3) is 5.76 Å². The second kappa shape index (κ2) is 8.97. The highest BCUT2D eigenvalue weighted by molar-refractivity contribution is 5.97. The number of benzene rings is 3. The molecule has 34 heavy (non-hydrogen) atoms. The molecule has 1 heterocycles. The van der Waals surface area contributed by atoms with E-state index in [0.717, 1.165) is 48.5 Å². The van der Waals surface area contributed by atoms with E-state index in [1.165, 1.54) is 18.2 Å². The van der Waals surface area contributed by atoms with Crippen molar-refractivity contribution < 1.29 is 40.6 Å². The lowest BCUT2D eigenvalue weighted by molar-refractivity contribution is -0.154. The Morgan fingerprint density at radius 2 is 1.44 bits per heavy atom. The number of Topliss-reactive ketones (excluding diaryl/α,β-unsaturated/α-hetero) is 1. The van der Waals surface area contributed by atoms with Crippen LogP contribution in [0.3, 0.4) is 0 Å². The van der Waals surface area contributed by atoms with Crippen molar-refractivity contribution in [3.8, 4) is 17.2 Å². The molecule has 0 aliphatic rings. The molecule has 4 rings (SSSR count). The molecule has 0 spiro atoms. The number of hydrogen-bond donors (Lipinski definition) is 0. The molecule has 0 atom stereocenters. The first-order chi connectivity index (χ1) is 16.1. The largest absolute Gasteiger partial charge is 0.485 e. The first-order valence-corrected chi connectivity index (χ1v) is 9.65. The summed E-state index contributed by atoms with van der Waals surface area (Å²) in [6.07, 6.45) is -5.09. The van der Waals surface area contributed by atoms with Crippen LogP contribution in [0.1, 0.15) is 16.1 Å². The normalized spacial score (nSPS) is 11.4. The number of carbonyl (C=O) groups is 1. The van der Waals surface area contributed by atoms with E-state index in [1.807, 2.05) is 0 Å². The average Bonchev–Trinajstić information content (AvgIpc) is 2.80. The van der Waals surface area contributed by atoms with Crippen LogP contribution in [-0.2, 0) is 6.18 Å². The van der Waals surface area contributed by atoms with Gasteiger partial charge >= 0.3 is 6.18 Å². The molecule has 0 fully saturated rings. The molecule has 10 heteroatoms. The molecule has 1 aromatic heterocycles. The van der Waals surface area contributed by atoms with E-state index in [-0.39, 0.29) is 22.4 Å². The fraction of sp³-hybridized carbons (Fsp3) is 0.0833. The van der Waals surface area contributed by atoms with E-state index in [4.69, 9.17) is 13.9 Å². The maximum atomic E-state index is 13.6. The van der Waals surface area contributed by atoms with Crippen LogP contribution in [0.4, 0.5) is 22.0 Å². The first kappa shape index (κ1) is 23.0. The summed E-state index contributed by atoms with van der Waals surface area (Å²) < 4.78 is 82.3. The van der Waals surface area contributed by atoms with Gasteiger partial charge in [0.15, 0.2) is 12.4 Å². The fourth-order valence-electron chi connectivity index (χ4n) is 3.01. The smallest absolute Gasteiger partial charge is 0.453 e. The van der Waals surface area contributed by atoms with Gasteiger partial charge in [-0.15, -0.1) is 0 Å². The SMILES string of the molecule is O=C(COc1ccc2c(=O)c(Oc3ccc(F)cc3)c(C(F)(F)F)oc2c1)c1ccc(F)cc1. The van der Waals surface area contributed by atoms with Gasteiger partial charge in [0.2, 0.25) is 11.2 Å². The molecule has 174 valence electrons. The number of alkyl halides is 3. The van der Waals surface area contributed by atoms with Gasteiger partial charge in [0.05, 0.1) is 5.39 Å². The van der Waals surface area contributed by atoms with Crippen LogP contribution in [0.2, 0.25) is 0 Å². The Morgan fingerprint density at radius 1 is 0.853 bits per heavy atom. The molecule has 5 nitrogen and oxygen atoms in total. The molecule has 0 N–H and O–H groups in total. The summed E-state index contributed by atoms with van der Waals surface area (Å²) in [5.41, 5.74) is -1.38. The third kappa shape index (κ3) is 4.90. The van der Waals surface area contributed by atoms with E-state index in [1.54, 1.807) is 0 Å². The van der Waals surface area contributed by atoms with Crippen LogP contribution in [0, 0.1) is 11.6 Å². The van der Waals surface area contributed by atoms with Crippen molar-refractivity contribution in [1.29, 1.82) is 0 Å². The zero-order chi connectivity index (χ0) is 24.5. The zero-order valence-corrected chi connectivity index (χ0v) is 17.0. The summed E-state index contributed by atoms with van der Waals surface area (Å²) in [5.74, 6) is -4.69. The Hall–Kier alpha value is -4.21. The summed E-state index contributed by atoms with van der Waals surface area (Å²) in [6, 6.07) is 12.2. The molecular formula is C24H13F5O5. The quantitative estimate of drug-likeness (QED) is 0.247. The Bertz CT molecular complexity index is 1410. The first-order valence-electron chi connectivity index (χ1n) is 9.65. The average molecular weight is 476 g/mol. The van der Waals surface area contributed by atoms with Gasteiger partial charge in [-0.3, -0.25) is 9.59 Å². The summed E-state index contributed by atoms with van der Waals surface area (Å²) >= 11 is 0. The fourth-order valence-corrected chi connectivity index (χ4v) is 3.01. The number of ketones is 1. The Labute approximate surface area is 188 Å². The van der Waals surface area contributed by atoms with Gasteiger partial charge in [-0.05, 0) is 60.7 Å². The van der Waals surface area contributed by atoms with Crippen molar-refractivity contribution in [2.45, 2.75) is 6.18 Å². The van der Waals surface area contributed by atoms with Crippen molar-refractivity contribution in [2.75, 3.05) is 6.61 Å². The standard InChI is InChI=1S/C24H13F5O5/c25-14-3-1-13(2-4-14)19(30)12-32-17-9-10-18-20(11-17)34-23(24(27,28)29)22(21(18)31)33-16-7-5-15(26)6-8-16/h1-11H,12H2. The van der Waals surface area contributed by atoms with Gasteiger partial charge < -0.3 is 13.9 Å². The van der Waals surface area contributed by atoms with Gasteiger partial charge in [-0.2, -0.15) is 13.2 Å². The number of ether oxygens (including phenoxy) is 2. The topological polar surface area (TPSA) is 65.7 Å². The molecule has 0 aliphatic carbocycles. The maximum absolute atomic E-state index is 13.6. The molecule has 0 radical (unpaired) electrons. The van der Waals surface area contributed by atoms with Crippen molar-refractivity contribution in [1.82, 2.24) is 0 Å². The molecule has 0 saturated carbocycles. The summed E-state index contributed by atoms with van der Waals surface area (Å²) in [5, 5.41) is -0.234. The monoisotopic (exact) mass is 476 g/mol. The molecule has 0 unspecified atom stereocenters. The summed E-state index contributed by atoms with van der Waals surface area (Å²) in [4.78, 5) is 24.9. The van der Waals surface area contributed by atoms with Crippen LogP contribution in [0.25, 0.3) is 11.0 Å². The minimum atomic E-state index is -5.09. The predicted octanol–water partition coefficient (Wildman–Crippen LogP) is 6.14. The third-order valence-electron chi connectivity index (χ3n) is 4.65. The number of halogens is 5. The Morgan fingerprint density at radius 3 is 2.06 bits per heavy atom. The number of carbonyl (C=O) groups excluding carboxylic acids is 1. The Kier molecular flexibility index (Phi) is 6.06. The van der Waals surface area contributed by atoms with Crippen molar-refractivity contribution in [3.05, 3.63) is 99.9 Å². The molecule has 0 saturated heterocycles. The Balaban J connectivity index is 1.66. The van der Waals surface area contributed by atoms with E-state index < -0.39 is 52.7 Å². The minimum absolute atomic E-state index is 0.0357. The van der Waals surface area contributed by atoms with Crippen LogP contribution >= 0.6 is 0 Å².